The van der Waals surface area contributed by atoms with Crippen LogP contribution in [0.5, 0.6) is 0 Å². The summed E-state index contributed by atoms with van der Waals surface area (Å²) in [5.41, 5.74) is 0.212. The number of hydrogen-bond acceptors (Lipinski definition) is 4. The summed E-state index contributed by atoms with van der Waals surface area (Å²) in [6.07, 6.45) is 3.67. The fraction of sp³-hybridized carbons (Fsp3) is 0.636. The molecule has 0 saturated heterocycles. The Hall–Kier alpha value is -1.10. The summed E-state index contributed by atoms with van der Waals surface area (Å²) < 4.78 is 0. The highest BCUT2D eigenvalue weighted by molar-refractivity contribution is 7.17. The molecule has 1 heterocycles. The van der Waals surface area contributed by atoms with Crippen LogP contribution < -0.4 is 5.32 Å². The van der Waals surface area contributed by atoms with Crippen LogP contribution in [0.2, 0.25) is 0 Å². The molecule has 0 unspecified atom stereocenters. The highest BCUT2D eigenvalue weighted by atomic mass is 32.1. The number of aromatic carboxylic acids is 1. The van der Waals surface area contributed by atoms with Crippen LogP contribution in [0.15, 0.2) is 6.20 Å². The molecule has 0 aromatic carbocycles. The van der Waals surface area contributed by atoms with Gasteiger partial charge in [0.15, 0.2) is 5.13 Å². The van der Waals surface area contributed by atoms with E-state index in [0.717, 1.165) is 19.4 Å². The van der Waals surface area contributed by atoms with E-state index in [4.69, 9.17) is 5.11 Å². The predicted octanol–water partition coefficient (Wildman–Crippen LogP) is 3.08. The number of aromatic nitrogens is 1. The Balaban J connectivity index is 2.51. The van der Waals surface area contributed by atoms with Gasteiger partial charge >= 0.3 is 5.97 Å². The molecule has 2 N–H and O–H groups in total. The first kappa shape index (κ1) is 13.0. The largest absolute Gasteiger partial charge is 0.477 e. The molecule has 0 aliphatic carbocycles. The van der Waals surface area contributed by atoms with Gasteiger partial charge < -0.3 is 10.4 Å². The van der Waals surface area contributed by atoms with Crippen LogP contribution in [-0.2, 0) is 0 Å². The van der Waals surface area contributed by atoms with Gasteiger partial charge in [0.2, 0.25) is 0 Å². The average Bonchev–Trinajstić information content (AvgIpc) is 2.63. The van der Waals surface area contributed by atoms with Crippen molar-refractivity contribution in [3.8, 4) is 0 Å². The smallest absolute Gasteiger partial charge is 0.347 e. The molecular formula is C11H18N2O2S. The number of hydrogen-bond donors (Lipinski definition) is 2. The normalized spacial score (nSPS) is 11.4. The predicted molar refractivity (Wildman–Crippen MR) is 66.3 cm³/mol. The number of carboxylic acid groups (broad SMARTS) is 1. The Kier molecular flexibility index (Phi) is 4.29. The minimum absolute atomic E-state index is 0.212. The van der Waals surface area contributed by atoms with E-state index < -0.39 is 5.97 Å². The van der Waals surface area contributed by atoms with Crippen molar-refractivity contribution in [3.63, 3.8) is 0 Å². The summed E-state index contributed by atoms with van der Waals surface area (Å²) in [4.78, 5) is 15.0. The van der Waals surface area contributed by atoms with Gasteiger partial charge in [0.05, 0.1) is 6.20 Å². The van der Waals surface area contributed by atoms with Crippen molar-refractivity contribution in [2.45, 2.75) is 33.6 Å². The van der Waals surface area contributed by atoms with E-state index in [1.165, 1.54) is 17.5 Å². The lowest BCUT2D eigenvalue weighted by Crippen LogP contribution is -2.22. The number of rotatable bonds is 6. The van der Waals surface area contributed by atoms with Crippen LogP contribution in [0, 0.1) is 5.41 Å². The lowest BCUT2D eigenvalue weighted by molar-refractivity contribution is 0.0702. The Morgan fingerprint density at radius 1 is 1.62 bits per heavy atom. The van der Waals surface area contributed by atoms with Crippen LogP contribution in [0.1, 0.15) is 43.3 Å². The molecule has 0 radical (unpaired) electrons. The van der Waals surface area contributed by atoms with Crippen LogP contribution in [0.4, 0.5) is 5.13 Å². The second kappa shape index (κ2) is 5.30. The summed E-state index contributed by atoms with van der Waals surface area (Å²) >= 11 is 1.18. The molecule has 1 aromatic heterocycles. The van der Waals surface area contributed by atoms with E-state index in [2.05, 4.69) is 31.1 Å². The Morgan fingerprint density at radius 3 is 2.81 bits per heavy atom. The molecule has 0 atom stereocenters. The molecule has 0 bridgehead atoms. The summed E-state index contributed by atoms with van der Waals surface area (Å²) in [6, 6.07) is 0. The zero-order valence-corrected chi connectivity index (χ0v) is 10.7. The standard InChI is InChI=1S/C11H18N2O2S/c1-4-5-11(2,3)7-13-10-12-6-8(16-10)9(14)15/h6H,4-5,7H2,1-3H3,(H,12,13)(H,14,15). The molecule has 1 aromatic rings. The minimum atomic E-state index is -0.918. The highest BCUT2D eigenvalue weighted by Gasteiger charge is 2.17. The number of thiazole rings is 1. The quantitative estimate of drug-likeness (QED) is 0.804. The molecule has 90 valence electrons. The van der Waals surface area contributed by atoms with Gasteiger partial charge in [-0.1, -0.05) is 38.5 Å². The van der Waals surface area contributed by atoms with Crippen molar-refractivity contribution in [2.75, 3.05) is 11.9 Å². The van der Waals surface area contributed by atoms with Crippen molar-refractivity contribution < 1.29 is 9.90 Å². The molecule has 0 saturated carbocycles. The Labute approximate surface area is 99.7 Å². The summed E-state index contributed by atoms with van der Waals surface area (Å²) in [7, 11) is 0. The van der Waals surface area contributed by atoms with E-state index in [1.54, 1.807) is 0 Å². The van der Waals surface area contributed by atoms with Crippen LogP contribution in [-0.4, -0.2) is 22.6 Å². The number of carbonyl (C=O) groups is 1. The molecule has 1 rings (SSSR count). The first-order valence-corrected chi connectivity index (χ1v) is 6.19. The number of anilines is 1. The zero-order valence-electron chi connectivity index (χ0n) is 9.91. The van der Waals surface area contributed by atoms with E-state index in [-0.39, 0.29) is 10.3 Å². The van der Waals surface area contributed by atoms with Crippen molar-refractivity contribution >= 4 is 22.4 Å². The van der Waals surface area contributed by atoms with Crippen molar-refractivity contribution in [2.24, 2.45) is 5.41 Å². The summed E-state index contributed by atoms with van der Waals surface area (Å²) in [6.45, 7) is 7.35. The van der Waals surface area contributed by atoms with Crippen LogP contribution >= 0.6 is 11.3 Å². The minimum Gasteiger partial charge on any atom is -0.477 e. The molecule has 0 spiro atoms. The van der Waals surface area contributed by atoms with Crippen molar-refractivity contribution in [1.29, 1.82) is 0 Å². The monoisotopic (exact) mass is 242 g/mol. The zero-order chi connectivity index (χ0) is 12.2. The highest BCUT2D eigenvalue weighted by Crippen LogP contribution is 2.24. The molecule has 0 fully saturated rings. The van der Waals surface area contributed by atoms with Gasteiger partial charge in [0.1, 0.15) is 4.88 Å². The Morgan fingerprint density at radius 2 is 2.31 bits per heavy atom. The summed E-state index contributed by atoms with van der Waals surface area (Å²) in [5, 5.41) is 12.6. The number of nitrogens with zero attached hydrogens (tertiary/aromatic N) is 1. The van der Waals surface area contributed by atoms with E-state index >= 15 is 0 Å². The van der Waals surface area contributed by atoms with E-state index in [1.807, 2.05) is 0 Å². The van der Waals surface area contributed by atoms with Crippen molar-refractivity contribution in [3.05, 3.63) is 11.1 Å². The third kappa shape index (κ3) is 3.81. The van der Waals surface area contributed by atoms with Crippen LogP contribution in [0.25, 0.3) is 0 Å². The van der Waals surface area contributed by atoms with E-state index in [9.17, 15) is 4.79 Å². The second-order valence-corrected chi connectivity index (χ2v) is 5.63. The molecule has 0 aliphatic rings. The fourth-order valence-corrected chi connectivity index (χ4v) is 2.19. The topological polar surface area (TPSA) is 62.2 Å². The van der Waals surface area contributed by atoms with Crippen LogP contribution in [0.3, 0.4) is 0 Å². The first-order valence-electron chi connectivity index (χ1n) is 5.37. The van der Waals surface area contributed by atoms with Gasteiger partial charge in [-0.15, -0.1) is 0 Å². The molecule has 0 amide bonds. The SMILES string of the molecule is CCCC(C)(C)CNc1ncc(C(=O)O)s1. The third-order valence-corrected chi connectivity index (χ3v) is 3.30. The second-order valence-electron chi connectivity index (χ2n) is 4.60. The van der Waals surface area contributed by atoms with Gasteiger partial charge in [-0.2, -0.15) is 0 Å². The number of nitrogens with one attached hydrogen (secondary N) is 1. The van der Waals surface area contributed by atoms with Gasteiger partial charge in [-0.05, 0) is 11.8 Å². The van der Waals surface area contributed by atoms with Gasteiger partial charge in [0, 0.05) is 6.54 Å². The molecule has 5 heteroatoms. The Bertz CT molecular complexity index is 361. The molecular weight excluding hydrogens is 224 g/mol. The molecule has 0 aliphatic heterocycles. The van der Waals surface area contributed by atoms with E-state index in [0.29, 0.717) is 5.13 Å². The van der Waals surface area contributed by atoms with Gasteiger partial charge in [-0.3, -0.25) is 0 Å². The van der Waals surface area contributed by atoms with Crippen molar-refractivity contribution in [1.82, 2.24) is 4.98 Å². The third-order valence-electron chi connectivity index (χ3n) is 2.36. The lowest BCUT2D eigenvalue weighted by atomic mass is 9.88. The summed E-state index contributed by atoms with van der Waals surface area (Å²) in [5.74, 6) is -0.918. The molecule has 16 heavy (non-hydrogen) atoms. The fourth-order valence-electron chi connectivity index (χ4n) is 1.53. The van der Waals surface area contributed by atoms with Gasteiger partial charge in [-0.25, -0.2) is 9.78 Å². The number of carboxylic acids is 1. The maximum atomic E-state index is 10.7. The maximum absolute atomic E-state index is 10.7. The van der Waals surface area contributed by atoms with Gasteiger partial charge in [0.25, 0.3) is 0 Å². The average molecular weight is 242 g/mol. The molecule has 4 nitrogen and oxygen atoms in total. The maximum Gasteiger partial charge on any atom is 0.347 e. The lowest BCUT2D eigenvalue weighted by Gasteiger charge is -2.23. The first-order chi connectivity index (χ1) is 7.44.